The minimum Gasteiger partial charge on any atom is -0.410 e. The summed E-state index contributed by atoms with van der Waals surface area (Å²) < 4.78 is 5.42. The Bertz CT molecular complexity index is 547. The molecule has 0 fully saturated rings. The standard InChI is InChI=1S/C14H19N3O4/c1-3-16(2)14(18)21-12-6-4-5-11-13(12)10(9-15-11)7-8-17(19)20/h4-6,10,15H,3,7-9H2,1-2H3. The van der Waals surface area contributed by atoms with E-state index in [4.69, 9.17) is 4.74 Å². The van der Waals surface area contributed by atoms with Crippen molar-refractivity contribution >= 4 is 11.8 Å². The molecule has 0 aliphatic carbocycles. The molecule has 0 aromatic heterocycles. The second-order valence-electron chi connectivity index (χ2n) is 5.02. The number of carbonyl (C=O) groups excluding carboxylic acids is 1. The molecule has 1 amide bonds. The summed E-state index contributed by atoms with van der Waals surface area (Å²) in [5.41, 5.74) is 1.74. The smallest absolute Gasteiger partial charge is 0.410 e. The van der Waals surface area contributed by atoms with Gasteiger partial charge >= 0.3 is 6.09 Å². The quantitative estimate of drug-likeness (QED) is 0.665. The van der Waals surface area contributed by atoms with Crippen LogP contribution in [0.4, 0.5) is 10.5 Å². The molecule has 0 bridgehead atoms. The summed E-state index contributed by atoms with van der Waals surface area (Å²) in [5.74, 6) is 0.470. The fraction of sp³-hybridized carbons (Fsp3) is 0.500. The Kier molecular flexibility index (Phi) is 4.62. The van der Waals surface area contributed by atoms with Gasteiger partial charge in [0.1, 0.15) is 5.75 Å². The van der Waals surface area contributed by atoms with Gasteiger partial charge in [-0.2, -0.15) is 0 Å². The molecule has 1 heterocycles. The zero-order valence-electron chi connectivity index (χ0n) is 12.2. The number of benzene rings is 1. The number of carbonyl (C=O) groups is 1. The van der Waals surface area contributed by atoms with Crippen molar-refractivity contribution in [2.75, 3.05) is 32.0 Å². The van der Waals surface area contributed by atoms with E-state index in [1.165, 1.54) is 4.90 Å². The molecule has 7 heteroatoms. The van der Waals surface area contributed by atoms with E-state index in [1.54, 1.807) is 19.2 Å². The van der Waals surface area contributed by atoms with Crippen LogP contribution < -0.4 is 10.1 Å². The van der Waals surface area contributed by atoms with Gasteiger partial charge in [-0.15, -0.1) is 0 Å². The van der Waals surface area contributed by atoms with E-state index in [2.05, 4.69) is 5.32 Å². The fourth-order valence-corrected chi connectivity index (χ4v) is 2.35. The van der Waals surface area contributed by atoms with E-state index < -0.39 is 6.09 Å². The van der Waals surface area contributed by atoms with Crippen LogP contribution in [0.5, 0.6) is 5.75 Å². The maximum atomic E-state index is 11.9. The number of rotatable bonds is 5. The number of nitro groups is 1. The van der Waals surface area contributed by atoms with Crippen LogP contribution in [-0.4, -0.2) is 42.6 Å². The lowest BCUT2D eigenvalue weighted by atomic mass is 9.97. The molecule has 21 heavy (non-hydrogen) atoms. The van der Waals surface area contributed by atoms with Gasteiger partial charge in [0.15, 0.2) is 0 Å². The average molecular weight is 293 g/mol. The molecule has 114 valence electrons. The summed E-state index contributed by atoms with van der Waals surface area (Å²) in [6.45, 7) is 2.94. The number of hydrogen-bond donors (Lipinski definition) is 1. The van der Waals surface area contributed by atoms with E-state index in [1.807, 2.05) is 13.0 Å². The molecule has 2 rings (SSSR count). The van der Waals surface area contributed by atoms with Gasteiger partial charge in [-0.25, -0.2) is 4.79 Å². The maximum absolute atomic E-state index is 11.9. The van der Waals surface area contributed by atoms with Crippen LogP contribution in [0.15, 0.2) is 18.2 Å². The summed E-state index contributed by atoms with van der Waals surface area (Å²) in [5, 5.41) is 13.8. The first-order valence-corrected chi connectivity index (χ1v) is 6.94. The van der Waals surface area contributed by atoms with Crippen molar-refractivity contribution < 1.29 is 14.5 Å². The Balaban J connectivity index is 2.18. The Morgan fingerprint density at radius 1 is 1.57 bits per heavy atom. The van der Waals surface area contributed by atoms with Crippen LogP contribution in [0.3, 0.4) is 0 Å². The highest BCUT2D eigenvalue weighted by molar-refractivity contribution is 5.73. The third kappa shape index (κ3) is 3.42. The number of amides is 1. The molecule has 0 spiro atoms. The highest BCUT2D eigenvalue weighted by atomic mass is 16.6. The molecule has 7 nitrogen and oxygen atoms in total. The minimum absolute atomic E-state index is 0.0127. The fourth-order valence-electron chi connectivity index (χ4n) is 2.35. The van der Waals surface area contributed by atoms with Crippen LogP contribution in [0, 0.1) is 10.1 Å². The molecule has 0 saturated carbocycles. The van der Waals surface area contributed by atoms with Crippen LogP contribution in [-0.2, 0) is 0 Å². The number of nitrogens with zero attached hydrogens (tertiary/aromatic N) is 2. The largest absolute Gasteiger partial charge is 0.414 e. The van der Waals surface area contributed by atoms with Gasteiger partial charge in [-0.1, -0.05) is 6.07 Å². The molecule has 0 saturated heterocycles. The third-order valence-corrected chi connectivity index (χ3v) is 3.66. The van der Waals surface area contributed by atoms with Gasteiger partial charge < -0.3 is 15.0 Å². The lowest BCUT2D eigenvalue weighted by Crippen LogP contribution is -2.29. The Labute approximate surface area is 123 Å². The van der Waals surface area contributed by atoms with Gasteiger partial charge in [0, 0.05) is 48.7 Å². The summed E-state index contributed by atoms with van der Waals surface area (Å²) in [6, 6.07) is 5.42. The van der Waals surface area contributed by atoms with Gasteiger partial charge in [-0.05, 0) is 19.1 Å². The first kappa shape index (κ1) is 15.1. The van der Waals surface area contributed by atoms with Crippen LogP contribution >= 0.6 is 0 Å². The van der Waals surface area contributed by atoms with Gasteiger partial charge in [0.2, 0.25) is 6.54 Å². The van der Waals surface area contributed by atoms with Gasteiger partial charge in [0.25, 0.3) is 0 Å². The summed E-state index contributed by atoms with van der Waals surface area (Å²) in [6.07, 6.45) is -0.00335. The SMILES string of the molecule is CCN(C)C(=O)Oc1cccc2c1C(CC[N+](=O)[O-])CN2. The normalized spacial score (nSPS) is 16.0. The zero-order chi connectivity index (χ0) is 15.4. The first-order valence-electron chi connectivity index (χ1n) is 6.94. The van der Waals surface area contributed by atoms with Crippen molar-refractivity contribution in [2.45, 2.75) is 19.3 Å². The molecule has 1 aromatic rings. The highest BCUT2D eigenvalue weighted by Crippen LogP contribution is 2.40. The van der Waals surface area contributed by atoms with Crippen LogP contribution in [0.2, 0.25) is 0 Å². The molecule has 1 atom stereocenters. The molecular weight excluding hydrogens is 274 g/mol. The van der Waals surface area contributed by atoms with E-state index in [0.29, 0.717) is 25.3 Å². The Hall–Kier alpha value is -2.31. The van der Waals surface area contributed by atoms with Crippen molar-refractivity contribution in [3.8, 4) is 5.75 Å². The Morgan fingerprint density at radius 2 is 2.33 bits per heavy atom. The van der Waals surface area contributed by atoms with Crippen molar-refractivity contribution in [1.82, 2.24) is 4.90 Å². The number of anilines is 1. The molecule has 1 N–H and O–H groups in total. The van der Waals surface area contributed by atoms with Gasteiger partial charge in [-0.3, -0.25) is 10.1 Å². The average Bonchev–Trinajstić information content (AvgIpc) is 2.88. The monoisotopic (exact) mass is 293 g/mol. The predicted molar refractivity (Wildman–Crippen MR) is 78.5 cm³/mol. The van der Waals surface area contributed by atoms with Crippen molar-refractivity contribution in [2.24, 2.45) is 0 Å². The molecule has 1 aromatic carbocycles. The van der Waals surface area contributed by atoms with Crippen molar-refractivity contribution in [1.29, 1.82) is 0 Å². The molecular formula is C14H19N3O4. The first-order chi connectivity index (χ1) is 10.0. The van der Waals surface area contributed by atoms with Crippen molar-refractivity contribution in [3.05, 3.63) is 33.9 Å². The van der Waals surface area contributed by atoms with Crippen LogP contribution in [0.1, 0.15) is 24.8 Å². The Morgan fingerprint density at radius 3 is 3.00 bits per heavy atom. The number of hydrogen-bond acceptors (Lipinski definition) is 5. The second kappa shape index (κ2) is 6.43. The topological polar surface area (TPSA) is 84.7 Å². The molecule has 1 aliphatic heterocycles. The number of fused-ring (bicyclic) bond motifs is 1. The third-order valence-electron chi connectivity index (χ3n) is 3.66. The summed E-state index contributed by atoms with van der Waals surface area (Å²) in [7, 11) is 1.66. The van der Waals surface area contributed by atoms with E-state index in [-0.39, 0.29) is 17.4 Å². The van der Waals surface area contributed by atoms with Crippen molar-refractivity contribution in [3.63, 3.8) is 0 Å². The van der Waals surface area contributed by atoms with E-state index in [9.17, 15) is 14.9 Å². The number of ether oxygens (including phenoxy) is 1. The number of nitrogens with one attached hydrogen (secondary N) is 1. The van der Waals surface area contributed by atoms with E-state index in [0.717, 1.165) is 11.3 Å². The van der Waals surface area contributed by atoms with E-state index >= 15 is 0 Å². The lowest BCUT2D eigenvalue weighted by molar-refractivity contribution is -0.480. The summed E-state index contributed by atoms with van der Waals surface area (Å²) in [4.78, 5) is 23.6. The maximum Gasteiger partial charge on any atom is 0.414 e. The highest BCUT2D eigenvalue weighted by Gasteiger charge is 2.28. The molecule has 1 aliphatic rings. The minimum atomic E-state index is -0.425. The predicted octanol–water partition coefficient (Wildman–Crippen LogP) is 2.31. The zero-order valence-corrected chi connectivity index (χ0v) is 12.2. The van der Waals surface area contributed by atoms with Gasteiger partial charge in [0.05, 0.1) is 0 Å². The second-order valence-corrected chi connectivity index (χ2v) is 5.02. The molecule has 0 radical (unpaired) electrons. The molecule has 1 unspecified atom stereocenters. The lowest BCUT2D eigenvalue weighted by Gasteiger charge is -2.17. The van der Waals surface area contributed by atoms with Crippen LogP contribution in [0.25, 0.3) is 0 Å². The summed E-state index contributed by atoms with van der Waals surface area (Å²) >= 11 is 0.